The second-order valence-corrected chi connectivity index (χ2v) is 6.29. The lowest BCUT2D eigenvalue weighted by molar-refractivity contribution is 0.103. The van der Waals surface area contributed by atoms with E-state index in [-0.39, 0.29) is 5.78 Å². The molecule has 0 atom stereocenters. The second-order valence-electron chi connectivity index (χ2n) is 6.29. The van der Waals surface area contributed by atoms with Gasteiger partial charge >= 0.3 is 0 Å². The van der Waals surface area contributed by atoms with Crippen LogP contribution in [0, 0.1) is 6.92 Å². The van der Waals surface area contributed by atoms with E-state index < -0.39 is 0 Å². The number of ether oxygens (including phenoxy) is 1. The molecule has 24 heavy (non-hydrogen) atoms. The molecule has 0 N–H and O–H groups in total. The van der Waals surface area contributed by atoms with Crippen LogP contribution in [-0.2, 0) is 0 Å². The Morgan fingerprint density at radius 2 is 1.62 bits per heavy atom. The molecule has 2 rings (SSSR count). The van der Waals surface area contributed by atoms with E-state index in [4.69, 9.17) is 4.74 Å². The van der Waals surface area contributed by atoms with Crippen molar-refractivity contribution in [2.24, 2.45) is 0 Å². The molecule has 2 heteroatoms. The van der Waals surface area contributed by atoms with E-state index >= 15 is 0 Å². The minimum atomic E-state index is 0.0653. The maximum atomic E-state index is 12.5. The van der Waals surface area contributed by atoms with Crippen molar-refractivity contribution >= 4 is 5.78 Å². The van der Waals surface area contributed by atoms with Gasteiger partial charge in [-0.2, -0.15) is 0 Å². The maximum absolute atomic E-state index is 12.5. The summed E-state index contributed by atoms with van der Waals surface area (Å²) in [6, 6.07) is 15.1. The summed E-state index contributed by atoms with van der Waals surface area (Å²) in [5.41, 5.74) is 2.43. The molecule has 0 aromatic heterocycles. The van der Waals surface area contributed by atoms with Gasteiger partial charge < -0.3 is 4.74 Å². The van der Waals surface area contributed by atoms with Crippen LogP contribution in [0.1, 0.15) is 66.9 Å². The largest absolute Gasteiger partial charge is 0.494 e. The van der Waals surface area contributed by atoms with Gasteiger partial charge in [-0.3, -0.25) is 4.79 Å². The summed E-state index contributed by atoms with van der Waals surface area (Å²) in [6.07, 6.45) is 7.55. The highest BCUT2D eigenvalue weighted by Crippen LogP contribution is 2.20. The molecule has 0 amide bonds. The Bertz CT molecular complexity index is 632. The van der Waals surface area contributed by atoms with Crippen molar-refractivity contribution in [2.75, 3.05) is 6.61 Å². The van der Waals surface area contributed by atoms with E-state index in [9.17, 15) is 4.79 Å². The summed E-state index contributed by atoms with van der Waals surface area (Å²) in [5, 5.41) is 0. The van der Waals surface area contributed by atoms with Crippen LogP contribution >= 0.6 is 0 Å². The van der Waals surface area contributed by atoms with Crippen molar-refractivity contribution in [3.63, 3.8) is 0 Å². The van der Waals surface area contributed by atoms with Gasteiger partial charge in [-0.25, -0.2) is 0 Å². The van der Waals surface area contributed by atoms with Crippen LogP contribution in [0.3, 0.4) is 0 Å². The molecular formula is C22H28O2. The maximum Gasteiger partial charge on any atom is 0.193 e. The van der Waals surface area contributed by atoms with Crippen LogP contribution in [0.4, 0.5) is 0 Å². The van der Waals surface area contributed by atoms with E-state index in [0.29, 0.717) is 0 Å². The van der Waals surface area contributed by atoms with E-state index in [1.165, 1.54) is 32.1 Å². The highest BCUT2D eigenvalue weighted by molar-refractivity contribution is 6.09. The molecule has 2 aromatic carbocycles. The molecule has 0 bridgehead atoms. The first kappa shape index (κ1) is 18.3. The average Bonchev–Trinajstić information content (AvgIpc) is 2.61. The zero-order valence-corrected chi connectivity index (χ0v) is 14.9. The van der Waals surface area contributed by atoms with Crippen molar-refractivity contribution in [3.05, 3.63) is 65.2 Å². The first-order valence-corrected chi connectivity index (χ1v) is 9.05. The van der Waals surface area contributed by atoms with Gasteiger partial charge in [-0.1, -0.05) is 69.4 Å². The number of unbranched alkanes of at least 4 members (excludes halogenated alkanes) is 5. The summed E-state index contributed by atoms with van der Waals surface area (Å²) < 4.78 is 5.82. The standard InChI is InChI=1S/C22H28O2/c1-3-4-5-6-7-11-16-24-20-14-15-21(18(2)17-20)22(23)19-12-9-8-10-13-19/h8-10,12-15,17H,3-7,11,16H2,1-2H3. The molecule has 0 fully saturated rings. The third-order valence-electron chi connectivity index (χ3n) is 4.25. The van der Waals surface area contributed by atoms with Gasteiger partial charge in [-0.15, -0.1) is 0 Å². The molecule has 0 aliphatic heterocycles. The predicted octanol–water partition coefficient (Wildman–Crippen LogP) is 5.97. The summed E-state index contributed by atoms with van der Waals surface area (Å²) in [5.74, 6) is 0.918. The van der Waals surface area contributed by atoms with E-state index in [1.54, 1.807) is 0 Å². The Balaban J connectivity index is 1.85. The van der Waals surface area contributed by atoms with Crippen LogP contribution in [0.5, 0.6) is 5.75 Å². The first-order valence-electron chi connectivity index (χ1n) is 9.05. The van der Waals surface area contributed by atoms with Crippen molar-refractivity contribution < 1.29 is 9.53 Å². The fourth-order valence-corrected chi connectivity index (χ4v) is 2.80. The van der Waals surface area contributed by atoms with Gasteiger partial charge in [0.05, 0.1) is 6.61 Å². The molecule has 0 radical (unpaired) electrons. The quantitative estimate of drug-likeness (QED) is 0.398. The number of hydrogen-bond donors (Lipinski definition) is 0. The van der Waals surface area contributed by atoms with Gasteiger partial charge in [0.25, 0.3) is 0 Å². The first-order chi connectivity index (χ1) is 11.7. The minimum Gasteiger partial charge on any atom is -0.494 e. The molecule has 0 unspecified atom stereocenters. The molecule has 128 valence electrons. The fraction of sp³-hybridized carbons (Fsp3) is 0.409. The van der Waals surface area contributed by atoms with Gasteiger partial charge in [0.2, 0.25) is 0 Å². The zero-order chi connectivity index (χ0) is 17.2. The molecule has 0 heterocycles. The lowest BCUT2D eigenvalue weighted by Crippen LogP contribution is -2.04. The Morgan fingerprint density at radius 1 is 0.917 bits per heavy atom. The highest BCUT2D eigenvalue weighted by atomic mass is 16.5. The highest BCUT2D eigenvalue weighted by Gasteiger charge is 2.11. The number of ketones is 1. The van der Waals surface area contributed by atoms with Crippen LogP contribution in [0.15, 0.2) is 48.5 Å². The third-order valence-corrected chi connectivity index (χ3v) is 4.25. The molecule has 0 aliphatic rings. The van der Waals surface area contributed by atoms with Crippen LogP contribution in [0.2, 0.25) is 0 Å². The van der Waals surface area contributed by atoms with Gasteiger partial charge in [0, 0.05) is 11.1 Å². The zero-order valence-electron chi connectivity index (χ0n) is 14.9. The molecule has 2 nitrogen and oxygen atoms in total. The van der Waals surface area contributed by atoms with Crippen molar-refractivity contribution in [3.8, 4) is 5.75 Å². The predicted molar refractivity (Wildman–Crippen MR) is 99.9 cm³/mol. The van der Waals surface area contributed by atoms with Crippen molar-refractivity contribution in [2.45, 2.75) is 52.4 Å². The van der Waals surface area contributed by atoms with Gasteiger partial charge in [0.1, 0.15) is 5.75 Å². The van der Waals surface area contributed by atoms with E-state index in [1.807, 2.05) is 55.5 Å². The molecular weight excluding hydrogens is 296 g/mol. The minimum absolute atomic E-state index is 0.0653. The average molecular weight is 324 g/mol. The second kappa shape index (κ2) is 9.92. The number of carbonyl (C=O) groups is 1. The number of hydrogen-bond acceptors (Lipinski definition) is 2. The Labute approximate surface area is 145 Å². The number of aryl methyl sites for hydroxylation is 1. The molecule has 0 saturated heterocycles. The Kier molecular flexibility index (Phi) is 7.54. The van der Waals surface area contributed by atoms with Gasteiger partial charge in [-0.05, 0) is 37.1 Å². The Hall–Kier alpha value is -2.09. The monoisotopic (exact) mass is 324 g/mol. The van der Waals surface area contributed by atoms with Gasteiger partial charge in [0.15, 0.2) is 5.78 Å². The van der Waals surface area contributed by atoms with Crippen LogP contribution in [-0.4, -0.2) is 12.4 Å². The van der Waals surface area contributed by atoms with E-state index in [2.05, 4.69) is 6.92 Å². The summed E-state index contributed by atoms with van der Waals surface area (Å²) in [6.45, 7) is 4.95. The third kappa shape index (κ3) is 5.52. The lowest BCUT2D eigenvalue weighted by Gasteiger charge is -2.10. The number of rotatable bonds is 10. The van der Waals surface area contributed by atoms with Crippen LogP contribution < -0.4 is 4.74 Å². The Morgan fingerprint density at radius 3 is 2.33 bits per heavy atom. The SMILES string of the molecule is CCCCCCCCOc1ccc(C(=O)c2ccccc2)c(C)c1. The van der Waals surface area contributed by atoms with E-state index in [0.717, 1.165) is 35.5 Å². The van der Waals surface area contributed by atoms with Crippen LogP contribution in [0.25, 0.3) is 0 Å². The summed E-state index contributed by atoms with van der Waals surface area (Å²) in [4.78, 5) is 12.5. The smallest absolute Gasteiger partial charge is 0.193 e. The molecule has 0 saturated carbocycles. The summed E-state index contributed by atoms with van der Waals surface area (Å²) >= 11 is 0. The normalized spacial score (nSPS) is 10.6. The lowest BCUT2D eigenvalue weighted by atomic mass is 9.99. The molecule has 0 aliphatic carbocycles. The number of carbonyl (C=O) groups excluding carboxylic acids is 1. The number of benzene rings is 2. The molecule has 2 aromatic rings. The fourth-order valence-electron chi connectivity index (χ4n) is 2.80. The summed E-state index contributed by atoms with van der Waals surface area (Å²) in [7, 11) is 0. The van der Waals surface area contributed by atoms with Crippen molar-refractivity contribution in [1.82, 2.24) is 0 Å². The topological polar surface area (TPSA) is 26.3 Å². The molecule has 0 spiro atoms. The van der Waals surface area contributed by atoms with Crippen molar-refractivity contribution in [1.29, 1.82) is 0 Å².